The molecule has 6 nitrogen and oxygen atoms in total. The van der Waals surface area contributed by atoms with Crippen LogP contribution >= 0.6 is 0 Å². The molecule has 0 aliphatic carbocycles. The van der Waals surface area contributed by atoms with Crippen LogP contribution in [-0.4, -0.2) is 27.7 Å². The maximum atomic E-state index is 11.3. The monoisotopic (exact) mass is 217 g/mol. The van der Waals surface area contributed by atoms with E-state index in [-0.39, 0.29) is 5.91 Å². The van der Waals surface area contributed by atoms with Gasteiger partial charge in [-0.25, -0.2) is 9.67 Å². The lowest BCUT2D eigenvalue weighted by molar-refractivity contribution is 0.0957. The Hall–Kier alpha value is -2.37. The molecule has 0 saturated heterocycles. The molecule has 0 saturated carbocycles. The van der Waals surface area contributed by atoms with Gasteiger partial charge >= 0.3 is 0 Å². The van der Waals surface area contributed by atoms with Crippen molar-refractivity contribution in [2.45, 2.75) is 0 Å². The fraction of sp³-hybridized carbons (Fsp3) is 0.100. The van der Waals surface area contributed by atoms with E-state index in [1.54, 1.807) is 31.4 Å². The van der Waals surface area contributed by atoms with Crippen molar-refractivity contribution in [1.82, 2.24) is 20.1 Å². The number of hydrogen-bond acceptors (Lipinski definition) is 4. The van der Waals surface area contributed by atoms with E-state index >= 15 is 0 Å². The second-order valence-corrected chi connectivity index (χ2v) is 3.17. The summed E-state index contributed by atoms with van der Waals surface area (Å²) in [6, 6.07) is 5.08. The molecule has 3 N–H and O–H groups in total. The van der Waals surface area contributed by atoms with Crippen molar-refractivity contribution < 1.29 is 4.79 Å². The standard InChI is InChI=1S/C10H11N5O/c1-12-10(16)8-4-5-15(14-8)9-3-2-7(11)6-13-9/h2-6H,11H2,1H3,(H,12,16). The van der Waals surface area contributed by atoms with Crippen molar-refractivity contribution in [3.63, 3.8) is 0 Å². The average molecular weight is 217 g/mol. The summed E-state index contributed by atoms with van der Waals surface area (Å²) in [6.07, 6.45) is 3.21. The molecule has 0 spiro atoms. The zero-order chi connectivity index (χ0) is 11.5. The normalized spacial score (nSPS) is 10.1. The highest BCUT2D eigenvalue weighted by Crippen LogP contribution is 2.06. The molecule has 2 rings (SSSR count). The molecule has 0 aliphatic rings. The summed E-state index contributed by atoms with van der Waals surface area (Å²) in [5.41, 5.74) is 6.46. The first-order valence-electron chi connectivity index (χ1n) is 4.70. The Morgan fingerprint density at radius 2 is 2.25 bits per heavy atom. The summed E-state index contributed by atoms with van der Waals surface area (Å²) in [7, 11) is 1.56. The second kappa shape index (κ2) is 4.01. The van der Waals surface area contributed by atoms with E-state index in [2.05, 4.69) is 15.4 Å². The molecule has 0 aromatic carbocycles. The number of carbonyl (C=O) groups excluding carboxylic acids is 1. The summed E-state index contributed by atoms with van der Waals surface area (Å²) < 4.78 is 1.52. The number of hydrogen-bond donors (Lipinski definition) is 2. The summed E-state index contributed by atoms with van der Waals surface area (Å²) in [4.78, 5) is 15.4. The molecule has 2 aromatic heterocycles. The molecule has 6 heteroatoms. The third-order valence-corrected chi connectivity index (χ3v) is 2.05. The van der Waals surface area contributed by atoms with Gasteiger partial charge in [-0.3, -0.25) is 4.79 Å². The number of nitrogens with one attached hydrogen (secondary N) is 1. The van der Waals surface area contributed by atoms with Gasteiger partial charge in [0.15, 0.2) is 11.5 Å². The second-order valence-electron chi connectivity index (χ2n) is 3.17. The van der Waals surface area contributed by atoms with Crippen molar-refractivity contribution in [2.75, 3.05) is 12.8 Å². The van der Waals surface area contributed by atoms with Crippen molar-refractivity contribution in [2.24, 2.45) is 0 Å². The van der Waals surface area contributed by atoms with Crippen LogP contribution in [-0.2, 0) is 0 Å². The molecule has 1 amide bonds. The van der Waals surface area contributed by atoms with Gasteiger partial charge in [-0.2, -0.15) is 5.10 Å². The summed E-state index contributed by atoms with van der Waals surface area (Å²) in [6.45, 7) is 0. The predicted molar refractivity (Wildman–Crippen MR) is 59.2 cm³/mol. The Labute approximate surface area is 92.1 Å². The Balaban J connectivity index is 2.31. The van der Waals surface area contributed by atoms with Crippen LogP contribution in [0, 0.1) is 0 Å². The van der Waals surface area contributed by atoms with E-state index in [9.17, 15) is 4.79 Å². The summed E-state index contributed by atoms with van der Waals surface area (Å²) in [5, 5.41) is 6.58. The number of nitrogens with two attached hydrogens (primary N) is 1. The number of rotatable bonds is 2. The summed E-state index contributed by atoms with van der Waals surface area (Å²) in [5.74, 6) is 0.388. The van der Waals surface area contributed by atoms with E-state index in [1.165, 1.54) is 10.9 Å². The topological polar surface area (TPSA) is 85.8 Å². The number of nitrogens with zero attached hydrogens (tertiary/aromatic N) is 3. The van der Waals surface area contributed by atoms with Gasteiger partial charge in [0, 0.05) is 13.2 Å². The van der Waals surface area contributed by atoms with Gasteiger partial charge in [0.05, 0.1) is 11.9 Å². The highest BCUT2D eigenvalue weighted by molar-refractivity contribution is 5.91. The van der Waals surface area contributed by atoms with Gasteiger partial charge < -0.3 is 11.1 Å². The molecular weight excluding hydrogens is 206 g/mol. The minimum absolute atomic E-state index is 0.228. The first-order chi connectivity index (χ1) is 7.70. The van der Waals surface area contributed by atoms with Crippen molar-refractivity contribution in [1.29, 1.82) is 0 Å². The van der Waals surface area contributed by atoms with Gasteiger partial charge in [-0.05, 0) is 18.2 Å². The van der Waals surface area contributed by atoms with Crippen LogP contribution in [0.3, 0.4) is 0 Å². The number of aromatic nitrogens is 3. The zero-order valence-corrected chi connectivity index (χ0v) is 8.71. The maximum Gasteiger partial charge on any atom is 0.271 e. The van der Waals surface area contributed by atoms with Gasteiger partial charge in [0.1, 0.15) is 0 Å². The van der Waals surface area contributed by atoms with Gasteiger partial charge in [0.25, 0.3) is 5.91 Å². The van der Waals surface area contributed by atoms with E-state index in [0.29, 0.717) is 17.2 Å². The lowest BCUT2D eigenvalue weighted by Gasteiger charge is -1.99. The SMILES string of the molecule is CNC(=O)c1ccn(-c2ccc(N)cn2)n1. The average Bonchev–Trinajstić information content (AvgIpc) is 2.78. The third-order valence-electron chi connectivity index (χ3n) is 2.05. The van der Waals surface area contributed by atoms with Crippen LogP contribution in [0.4, 0.5) is 5.69 Å². The Bertz CT molecular complexity index is 502. The van der Waals surface area contributed by atoms with Gasteiger partial charge in [-0.1, -0.05) is 0 Å². The fourth-order valence-electron chi connectivity index (χ4n) is 1.23. The number of pyridine rings is 1. The molecule has 16 heavy (non-hydrogen) atoms. The van der Waals surface area contributed by atoms with Crippen molar-refractivity contribution in [3.8, 4) is 5.82 Å². The largest absolute Gasteiger partial charge is 0.397 e. The van der Waals surface area contributed by atoms with Crippen LogP contribution in [0.15, 0.2) is 30.6 Å². The van der Waals surface area contributed by atoms with E-state index in [1.807, 2.05) is 0 Å². The zero-order valence-electron chi connectivity index (χ0n) is 8.71. The first kappa shape index (κ1) is 10.2. The van der Waals surface area contributed by atoms with Crippen LogP contribution in [0.2, 0.25) is 0 Å². The number of carbonyl (C=O) groups is 1. The van der Waals surface area contributed by atoms with E-state index in [0.717, 1.165) is 0 Å². The molecule has 0 radical (unpaired) electrons. The van der Waals surface area contributed by atoms with Gasteiger partial charge in [0.2, 0.25) is 0 Å². The lowest BCUT2D eigenvalue weighted by atomic mass is 10.4. The fourth-order valence-corrected chi connectivity index (χ4v) is 1.23. The molecule has 0 unspecified atom stereocenters. The van der Waals surface area contributed by atoms with E-state index in [4.69, 9.17) is 5.73 Å². The first-order valence-corrected chi connectivity index (χ1v) is 4.70. The Morgan fingerprint density at radius 3 is 2.88 bits per heavy atom. The highest BCUT2D eigenvalue weighted by Gasteiger charge is 2.07. The van der Waals surface area contributed by atoms with Crippen LogP contribution in [0.25, 0.3) is 5.82 Å². The molecule has 0 bridgehead atoms. The van der Waals surface area contributed by atoms with Gasteiger partial charge in [-0.15, -0.1) is 0 Å². The molecular formula is C10H11N5O. The predicted octanol–water partition coefficient (Wildman–Crippen LogP) is 0.209. The smallest absolute Gasteiger partial charge is 0.271 e. The Morgan fingerprint density at radius 1 is 1.44 bits per heavy atom. The molecule has 2 aromatic rings. The van der Waals surface area contributed by atoms with Crippen molar-refractivity contribution >= 4 is 11.6 Å². The molecule has 2 heterocycles. The number of anilines is 1. The van der Waals surface area contributed by atoms with E-state index < -0.39 is 0 Å². The molecule has 0 fully saturated rings. The molecule has 82 valence electrons. The third kappa shape index (κ3) is 1.85. The lowest BCUT2D eigenvalue weighted by Crippen LogP contribution is -2.18. The van der Waals surface area contributed by atoms with Crippen LogP contribution in [0.1, 0.15) is 10.5 Å². The Kier molecular flexibility index (Phi) is 2.55. The minimum Gasteiger partial charge on any atom is -0.397 e. The highest BCUT2D eigenvalue weighted by atomic mass is 16.1. The molecule has 0 atom stereocenters. The van der Waals surface area contributed by atoms with Crippen LogP contribution in [0.5, 0.6) is 0 Å². The maximum absolute atomic E-state index is 11.3. The quantitative estimate of drug-likeness (QED) is 0.752. The minimum atomic E-state index is -0.228. The number of amides is 1. The molecule has 0 aliphatic heterocycles. The number of nitrogen functional groups attached to an aromatic ring is 1. The van der Waals surface area contributed by atoms with Crippen LogP contribution < -0.4 is 11.1 Å². The summed E-state index contributed by atoms with van der Waals surface area (Å²) >= 11 is 0. The van der Waals surface area contributed by atoms with Crippen molar-refractivity contribution in [3.05, 3.63) is 36.3 Å².